The van der Waals surface area contributed by atoms with Crippen molar-refractivity contribution in [3.8, 4) is 5.75 Å². The van der Waals surface area contributed by atoms with E-state index in [2.05, 4.69) is 24.5 Å². The van der Waals surface area contributed by atoms with E-state index in [9.17, 15) is 9.59 Å². The Morgan fingerprint density at radius 1 is 1.29 bits per heavy atom. The molecule has 2 N–H and O–H groups in total. The van der Waals surface area contributed by atoms with E-state index in [0.717, 1.165) is 12.0 Å². The maximum Gasteiger partial charge on any atom is 0.240 e. The second kappa shape index (κ2) is 7.43. The molecule has 2 rings (SSSR count). The summed E-state index contributed by atoms with van der Waals surface area (Å²) in [6.45, 7) is 6.64. The van der Waals surface area contributed by atoms with Crippen molar-refractivity contribution in [3.63, 3.8) is 0 Å². The Labute approximate surface area is 148 Å². The lowest BCUT2D eigenvalue weighted by atomic mass is 10.0. The number of ether oxygens (including phenoxy) is 1. The number of rotatable bonds is 7. The second-order valence-electron chi connectivity index (χ2n) is 6.78. The number of methoxy groups -OCH3 is 1. The van der Waals surface area contributed by atoms with Gasteiger partial charge in [-0.1, -0.05) is 25.4 Å². The van der Waals surface area contributed by atoms with Crippen LogP contribution < -0.4 is 15.4 Å². The third-order valence-electron chi connectivity index (χ3n) is 4.36. The highest BCUT2D eigenvalue weighted by atomic mass is 35.5. The Morgan fingerprint density at radius 2 is 1.96 bits per heavy atom. The molecule has 0 heterocycles. The summed E-state index contributed by atoms with van der Waals surface area (Å²) in [5, 5.41) is 6.28. The fourth-order valence-electron chi connectivity index (χ4n) is 2.50. The molecule has 24 heavy (non-hydrogen) atoms. The van der Waals surface area contributed by atoms with Crippen LogP contribution in [0.5, 0.6) is 5.75 Å². The topological polar surface area (TPSA) is 67.4 Å². The quantitative estimate of drug-likeness (QED) is 0.737. The summed E-state index contributed by atoms with van der Waals surface area (Å²) in [6, 6.07) is 3.42. The molecule has 2 amide bonds. The minimum atomic E-state index is -0.949. The van der Waals surface area contributed by atoms with Gasteiger partial charge in [0, 0.05) is 17.6 Å². The van der Waals surface area contributed by atoms with Crippen molar-refractivity contribution in [3.05, 3.63) is 22.7 Å². The van der Waals surface area contributed by atoms with E-state index in [-0.39, 0.29) is 11.8 Å². The lowest BCUT2D eigenvalue weighted by Crippen LogP contribution is -2.40. The van der Waals surface area contributed by atoms with Crippen molar-refractivity contribution in [1.82, 2.24) is 5.32 Å². The molecule has 1 fully saturated rings. The Hall–Kier alpha value is -1.75. The number of nitrogens with one attached hydrogen (secondary N) is 2. The predicted octanol–water partition coefficient (Wildman–Crippen LogP) is 3.54. The maximum absolute atomic E-state index is 12.6. The van der Waals surface area contributed by atoms with E-state index in [4.69, 9.17) is 16.3 Å². The first kappa shape index (κ1) is 18.6. The van der Waals surface area contributed by atoms with Crippen LogP contribution in [-0.2, 0) is 9.59 Å². The van der Waals surface area contributed by atoms with Crippen molar-refractivity contribution in [2.45, 2.75) is 40.0 Å². The van der Waals surface area contributed by atoms with Crippen LogP contribution in [0.25, 0.3) is 0 Å². The summed E-state index contributed by atoms with van der Waals surface area (Å²) in [5.74, 6) is 0.514. The van der Waals surface area contributed by atoms with Crippen molar-refractivity contribution in [2.75, 3.05) is 19.0 Å². The van der Waals surface area contributed by atoms with Crippen molar-refractivity contribution in [1.29, 1.82) is 0 Å². The highest BCUT2D eigenvalue weighted by molar-refractivity contribution is 6.31. The van der Waals surface area contributed by atoms with Gasteiger partial charge in [0.25, 0.3) is 0 Å². The molecule has 0 aliphatic heterocycles. The van der Waals surface area contributed by atoms with Gasteiger partial charge in [0.15, 0.2) is 0 Å². The summed E-state index contributed by atoms with van der Waals surface area (Å²) in [4.78, 5) is 25.0. The van der Waals surface area contributed by atoms with E-state index in [1.807, 2.05) is 6.92 Å². The van der Waals surface area contributed by atoms with Crippen molar-refractivity contribution in [2.24, 2.45) is 11.3 Å². The van der Waals surface area contributed by atoms with Crippen LogP contribution in [0.2, 0.25) is 5.02 Å². The SMILES string of the molecule is COc1cc(Cl)c(C)cc1NC(=O)C1(C(=O)NCCC(C)C)CC1. The fourth-order valence-corrected chi connectivity index (χ4v) is 2.65. The number of hydrogen-bond donors (Lipinski definition) is 2. The zero-order valence-electron chi connectivity index (χ0n) is 14.7. The number of hydrogen-bond acceptors (Lipinski definition) is 3. The number of carbonyl (C=O) groups is 2. The highest BCUT2D eigenvalue weighted by Gasteiger charge is 2.56. The zero-order valence-corrected chi connectivity index (χ0v) is 15.4. The first-order chi connectivity index (χ1) is 11.3. The van der Waals surface area contributed by atoms with Crippen molar-refractivity contribution < 1.29 is 14.3 Å². The molecular weight excluding hydrogens is 328 g/mol. The van der Waals surface area contributed by atoms with Crippen LogP contribution in [0.3, 0.4) is 0 Å². The molecule has 0 aromatic heterocycles. The van der Waals surface area contributed by atoms with Gasteiger partial charge < -0.3 is 15.4 Å². The Bertz CT molecular complexity index is 639. The summed E-state index contributed by atoms with van der Waals surface area (Å²) in [5.41, 5.74) is 0.417. The average Bonchev–Trinajstić information content (AvgIpc) is 3.32. The van der Waals surface area contributed by atoms with E-state index >= 15 is 0 Å². The molecule has 132 valence electrons. The van der Waals surface area contributed by atoms with Gasteiger partial charge in [0.1, 0.15) is 11.2 Å². The summed E-state index contributed by atoms with van der Waals surface area (Å²) >= 11 is 6.08. The molecule has 1 aliphatic rings. The van der Waals surface area contributed by atoms with E-state index in [1.165, 1.54) is 7.11 Å². The fraction of sp³-hybridized carbons (Fsp3) is 0.556. The molecular formula is C18H25ClN2O3. The third-order valence-corrected chi connectivity index (χ3v) is 4.76. The summed E-state index contributed by atoms with van der Waals surface area (Å²) in [7, 11) is 1.52. The normalized spacial score (nSPS) is 15.1. The van der Waals surface area contributed by atoms with Gasteiger partial charge in [-0.05, 0) is 43.7 Å². The minimum Gasteiger partial charge on any atom is -0.495 e. The molecule has 0 spiro atoms. The van der Waals surface area contributed by atoms with Crippen LogP contribution in [0.1, 0.15) is 38.7 Å². The number of benzene rings is 1. The van der Waals surface area contributed by atoms with Gasteiger partial charge in [0.05, 0.1) is 12.8 Å². The highest BCUT2D eigenvalue weighted by Crippen LogP contribution is 2.47. The molecule has 0 atom stereocenters. The molecule has 0 radical (unpaired) electrons. The van der Waals surface area contributed by atoms with Crippen LogP contribution in [0, 0.1) is 18.3 Å². The number of anilines is 1. The predicted molar refractivity (Wildman–Crippen MR) is 95.5 cm³/mol. The number of aryl methyl sites for hydroxylation is 1. The maximum atomic E-state index is 12.6. The number of amides is 2. The average molecular weight is 353 g/mol. The molecule has 5 nitrogen and oxygen atoms in total. The molecule has 1 aliphatic carbocycles. The first-order valence-electron chi connectivity index (χ1n) is 8.24. The van der Waals surface area contributed by atoms with Crippen LogP contribution >= 0.6 is 11.6 Å². The molecule has 1 aromatic rings. The lowest BCUT2D eigenvalue weighted by Gasteiger charge is -2.18. The summed E-state index contributed by atoms with van der Waals surface area (Å²) < 4.78 is 5.27. The molecule has 1 saturated carbocycles. The third kappa shape index (κ3) is 4.01. The Kier molecular flexibility index (Phi) is 5.75. The van der Waals surface area contributed by atoms with Gasteiger partial charge in [-0.15, -0.1) is 0 Å². The number of halogens is 1. The minimum absolute atomic E-state index is 0.190. The standard InChI is InChI=1S/C18H25ClN2O3/c1-11(2)5-8-20-16(22)18(6-7-18)17(23)21-14-9-12(3)13(19)10-15(14)24-4/h9-11H,5-8H2,1-4H3,(H,20,22)(H,21,23). The first-order valence-corrected chi connectivity index (χ1v) is 8.62. The molecule has 0 saturated heterocycles. The smallest absolute Gasteiger partial charge is 0.240 e. The van der Waals surface area contributed by atoms with Gasteiger partial charge >= 0.3 is 0 Å². The van der Waals surface area contributed by atoms with Gasteiger partial charge in [-0.25, -0.2) is 0 Å². The zero-order chi connectivity index (χ0) is 17.9. The second-order valence-corrected chi connectivity index (χ2v) is 7.18. The number of carbonyl (C=O) groups excluding carboxylic acids is 2. The van der Waals surface area contributed by atoms with Gasteiger partial charge in [-0.2, -0.15) is 0 Å². The van der Waals surface area contributed by atoms with Crippen LogP contribution in [0.15, 0.2) is 12.1 Å². The Morgan fingerprint density at radius 3 is 2.50 bits per heavy atom. The van der Waals surface area contributed by atoms with Crippen molar-refractivity contribution >= 4 is 29.1 Å². The van der Waals surface area contributed by atoms with E-state index in [0.29, 0.717) is 41.8 Å². The Balaban J connectivity index is 2.07. The van der Waals surface area contributed by atoms with Crippen LogP contribution in [0.4, 0.5) is 5.69 Å². The van der Waals surface area contributed by atoms with E-state index in [1.54, 1.807) is 12.1 Å². The van der Waals surface area contributed by atoms with E-state index < -0.39 is 5.41 Å². The molecule has 0 bridgehead atoms. The molecule has 0 unspecified atom stereocenters. The van der Waals surface area contributed by atoms with Gasteiger partial charge in [-0.3, -0.25) is 9.59 Å². The lowest BCUT2D eigenvalue weighted by molar-refractivity contribution is -0.134. The monoisotopic (exact) mass is 352 g/mol. The molecule has 1 aromatic carbocycles. The largest absolute Gasteiger partial charge is 0.495 e. The molecule has 6 heteroatoms. The van der Waals surface area contributed by atoms with Gasteiger partial charge in [0.2, 0.25) is 11.8 Å². The summed E-state index contributed by atoms with van der Waals surface area (Å²) in [6.07, 6.45) is 2.04. The van der Waals surface area contributed by atoms with Crippen LogP contribution in [-0.4, -0.2) is 25.5 Å².